The summed E-state index contributed by atoms with van der Waals surface area (Å²) in [7, 11) is 0. The Morgan fingerprint density at radius 3 is 2.67 bits per heavy atom. The van der Waals surface area contributed by atoms with Gasteiger partial charge in [-0.2, -0.15) is 0 Å². The summed E-state index contributed by atoms with van der Waals surface area (Å²) >= 11 is 0. The summed E-state index contributed by atoms with van der Waals surface area (Å²) in [5.41, 5.74) is 5.81. The molecule has 4 unspecified atom stereocenters. The van der Waals surface area contributed by atoms with Crippen LogP contribution in [0.15, 0.2) is 0 Å². The molecule has 2 saturated heterocycles. The van der Waals surface area contributed by atoms with Crippen molar-refractivity contribution in [3.8, 4) is 0 Å². The first kappa shape index (κ1) is 10.9. The maximum atomic E-state index is 11.5. The smallest absolute Gasteiger partial charge is 0.222 e. The SMILES string of the molecule is CC(C)C(=O)NC1COC2C(N)COC12. The number of hydrogen-bond donors (Lipinski definition) is 2. The van der Waals surface area contributed by atoms with E-state index in [4.69, 9.17) is 15.2 Å². The van der Waals surface area contributed by atoms with Crippen molar-refractivity contribution < 1.29 is 14.3 Å². The summed E-state index contributed by atoms with van der Waals surface area (Å²) in [5, 5.41) is 2.93. The molecule has 15 heavy (non-hydrogen) atoms. The maximum Gasteiger partial charge on any atom is 0.222 e. The molecular formula is C10H18N2O3. The number of carbonyl (C=O) groups is 1. The van der Waals surface area contributed by atoms with E-state index in [-0.39, 0.29) is 36.1 Å². The average molecular weight is 214 g/mol. The predicted molar refractivity (Wildman–Crippen MR) is 54.2 cm³/mol. The zero-order chi connectivity index (χ0) is 11.0. The van der Waals surface area contributed by atoms with Gasteiger partial charge in [-0.25, -0.2) is 0 Å². The lowest BCUT2D eigenvalue weighted by atomic mass is 10.1. The number of rotatable bonds is 2. The van der Waals surface area contributed by atoms with E-state index in [2.05, 4.69) is 5.32 Å². The topological polar surface area (TPSA) is 73.6 Å². The van der Waals surface area contributed by atoms with Gasteiger partial charge in [0.1, 0.15) is 12.2 Å². The molecule has 0 radical (unpaired) electrons. The fourth-order valence-electron chi connectivity index (χ4n) is 2.00. The first-order chi connectivity index (χ1) is 7.09. The van der Waals surface area contributed by atoms with Gasteiger partial charge in [0.15, 0.2) is 0 Å². The van der Waals surface area contributed by atoms with Crippen LogP contribution in [0.5, 0.6) is 0 Å². The first-order valence-corrected chi connectivity index (χ1v) is 5.38. The van der Waals surface area contributed by atoms with Crippen LogP contribution in [0.2, 0.25) is 0 Å². The number of nitrogens with one attached hydrogen (secondary N) is 1. The molecule has 0 saturated carbocycles. The quantitative estimate of drug-likeness (QED) is 0.634. The minimum Gasteiger partial charge on any atom is -0.371 e. The van der Waals surface area contributed by atoms with Gasteiger partial charge in [0.25, 0.3) is 0 Å². The monoisotopic (exact) mass is 214 g/mol. The summed E-state index contributed by atoms with van der Waals surface area (Å²) < 4.78 is 11.0. The molecule has 2 aliphatic heterocycles. The lowest BCUT2D eigenvalue weighted by Gasteiger charge is -2.18. The Morgan fingerprint density at radius 1 is 1.33 bits per heavy atom. The normalized spacial score (nSPS) is 39.5. The van der Waals surface area contributed by atoms with Crippen molar-refractivity contribution in [3.05, 3.63) is 0 Å². The number of ether oxygens (including phenoxy) is 2. The Bertz CT molecular complexity index is 257. The highest BCUT2D eigenvalue weighted by Crippen LogP contribution is 2.26. The van der Waals surface area contributed by atoms with Crippen LogP contribution < -0.4 is 11.1 Å². The Hall–Kier alpha value is -0.650. The molecule has 2 heterocycles. The van der Waals surface area contributed by atoms with Crippen molar-refractivity contribution in [3.63, 3.8) is 0 Å². The zero-order valence-corrected chi connectivity index (χ0v) is 9.10. The summed E-state index contributed by atoms with van der Waals surface area (Å²) in [6, 6.07) is -0.102. The van der Waals surface area contributed by atoms with E-state index in [9.17, 15) is 4.79 Å². The maximum absolute atomic E-state index is 11.5. The molecule has 5 heteroatoms. The summed E-state index contributed by atoms with van der Waals surface area (Å²) in [6.45, 7) is 4.75. The third-order valence-electron chi connectivity index (χ3n) is 2.94. The third kappa shape index (κ3) is 2.00. The van der Waals surface area contributed by atoms with Gasteiger partial charge in [-0.05, 0) is 0 Å². The highest BCUT2D eigenvalue weighted by Gasteiger charge is 2.46. The number of hydrogen-bond acceptors (Lipinski definition) is 4. The van der Waals surface area contributed by atoms with E-state index in [0.29, 0.717) is 13.2 Å². The van der Waals surface area contributed by atoms with E-state index in [0.717, 1.165) is 0 Å². The Balaban J connectivity index is 1.93. The number of nitrogens with two attached hydrogens (primary N) is 1. The minimum absolute atomic E-state index is 0.0147. The van der Waals surface area contributed by atoms with E-state index in [1.54, 1.807) is 0 Å². The van der Waals surface area contributed by atoms with Gasteiger partial charge >= 0.3 is 0 Å². The van der Waals surface area contributed by atoms with Gasteiger partial charge in [0.05, 0.1) is 25.3 Å². The van der Waals surface area contributed by atoms with Crippen molar-refractivity contribution in [2.45, 2.75) is 38.1 Å². The molecule has 0 aliphatic carbocycles. The standard InChI is InChI=1S/C10H18N2O3/c1-5(2)10(13)12-7-4-15-8-6(11)3-14-9(7)8/h5-9H,3-4,11H2,1-2H3,(H,12,13). The molecule has 0 bridgehead atoms. The van der Waals surface area contributed by atoms with Gasteiger partial charge in [-0.3, -0.25) is 4.79 Å². The van der Waals surface area contributed by atoms with Crippen LogP contribution in [0.25, 0.3) is 0 Å². The van der Waals surface area contributed by atoms with E-state index in [1.165, 1.54) is 0 Å². The molecule has 1 amide bonds. The van der Waals surface area contributed by atoms with Gasteiger partial charge in [-0.1, -0.05) is 13.8 Å². The van der Waals surface area contributed by atoms with Gasteiger partial charge < -0.3 is 20.5 Å². The van der Waals surface area contributed by atoms with Crippen molar-refractivity contribution in [1.29, 1.82) is 0 Å². The number of carbonyl (C=O) groups excluding carboxylic acids is 1. The number of amides is 1. The van der Waals surface area contributed by atoms with Crippen molar-refractivity contribution in [2.75, 3.05) is 13.2 Å². The van der Waals surface area contributed by atoms with Gasteiger partial charge in [0.2, 0.25) is 5.91 Å². The van der Waals surface area contributed by atoms with Crippen LogP contribution in [0.4, 0.5) is 0 Å². The van der Waals surface area contributed by atoms with Crippen LogP contribution in [0.3, 0.4) is 0 Å². The zero-order valence-electron chi connectivity index (χ0n) is 9.10. The molecule has 2 aliphatic rings. The molecule has 86 valence electrons. The lowest BCUT2D eigenvalue weighted by Crippen LogP contribution is -2.46. The van der Waals surface area contributed by atoms with Crippen molar-refractivity contribution >= 4 is 5.91 Å². The van der Waals surface area contributed by atoms with Crippen LogP contribution in [0.1, 0.15) is 13.8 Å². The van der Waals surface area contributed by atoms with Crippen molar-refractivity contribution in [1.82, 2.24) is 5.32 Å². The summed E-state index contributed by atoms with van der Waals surface area (Å²) in [6.07, 6.45) is -0.120. The fraction of sp³-hybridized carbons (Fsp3) is 0.900. The van der Waals surface area contributed by atoms with E-state index >= 15 is 0 Å². The van der Waals surface area contributed by atoms with Gasteiger partial charge in [0, 0.05) is 5.92 Å². The molecule has 0 aromatic heterocycles. The molecule has 2 fully saturated rings. The third-order valence-corrected chi connectivity index (χ3v) is 2.94. The second-order valence-electron chi connectivity index (χ2n) is 4.53. The molecule has 0 spiro atoms. The van der Waals surface area contributed by atoms with E-state index < -0.39 is 0 Å². The second-order valence-corrected chi connectivity index (χ2v) is 4.53. The largest absolute Gasteiger partial charge is 0.371 e. The van der Waals surface area contributed by atoms with Crippen LogP contribution in [-0.2, 0) is 14.3 Å². The van der Waals surface area contributed by atoms with Gasteiger partial charge in [-0.15, -0.1) is 0 Å². The second kappa shape index (κ2) is 4.08. The first-order valence-electron chi connectivity index (χ1n) is 5.38. The molecule has 2 rings (SSSR count). The molecule has 5 nitrogen and oxygen atoms in total. The lowest BCUT2D eigenvalue weighted by molar-refractivity contribution is -0.125. The Kier molecular flexibility index (Phi) is 2.95. The van der Waals surface area contributed by atoms with Crippen LogP contribution in [-0.4, -0.2) is 43.4 Å². The highest BCUT2D eigenvalue weighted by atomic mass is 16.6. The molecule has 0 aromatic rings. The Labute approximate surface area is 89.3 Å². The Morgan fingerprint density at radius 2 is 2.00 bits per heavy atom. The molecular weight excluding hydrogens is 196 g/mol. The summed E-state index contributed by atoms with van der Waals surface area (Å²) in [5.74, 6) is 0.0208. The average Bonchev–Trinajstić information content (AvgIpc) is 2.71. The molecule has 4 atom stereocenters. The van der Waals surface area contributed by atoms with Crippen LogP contribution in [0, 0.1) is 5.92 Å². The molecule has 0 aromatic carbocycles. The van der Waals surface area contributed by atoms with Crippen LogP contribution >= 0.6 is 0 Å². The fourth-order valence-corrected chi connectivity index (χ4v) is 2.00. The van der Waals surface area contributed by atoms with E-state index in [1.807, 2.05) is 13.8 Å². The summed E-state index contributed by atoms with van der Waals surface area (Å²) in [4.78, 5) is 11.5. The van der Waals surface area contributed by atoms with Crippen molar-refractivity contribution in [2.24, 2.45) is 11.7 Å². The minimum atomic E-state index is -0.0669. The highest BCUT2D eigenvalue weighted by molar-refractivity contribution is 5.78. The number of fused-ring (bicyclic) bond motifs is 1. The molecule has 3 N–H and O–H groups in total. The predicted octanol–water partition coefficient (Wildman–Crippen LogP) is -0.748.